The number of likely N-dealkylation sites (tertiary alicyclic amines) is 6. The Morgan fingerprint density at radius 3 is 0.745 bits per heavy atom. The van der Waals surface area contributed by atoms with Gasteiger partial charge in [-0.2, -0.15) is 0 Å². The summed E-state index contributed by atoms with van der Waals surface area (Å²) in [5.74, 6) is 9.71. The first-order valence-electron chi connectivity index (χ1n) is 53.0. The summed E-state index contributed by atoms with van der Waals surface area (Å²) in [6.07, 6.45) is 33.3. The van der Waals surface area contributed by atoms with E-state index in [0.717, 1.165) is 251 Å². The van der Waals surface area contributed by atoms with Crippen molar-refractivity contribution in [3.05, 3.63) is 353 Å². The third kappa shape index (κ3) is 34.6. The minimum atomic E-state index is 0.0552. The average Bonchev–Trinajstić information content (AvgIpc) is 0.848. The van der Waals surface area contributed by atoms with E-state index in [1.807, 2.05) is 198 Å². The number of nitrogens with zero attached hydrogens (tertiary/aromatic N) is 12. The second-order valence-electron chi connectivity index (χ2n) is 41.8. The molecule has 0 atom stereocenters. The minimum absolute atomic E-state index is 0.0552. The zero-order chi connectivity index (χ0) is 106. The number of carbonyl (C=O) groups is 6. The van der Waals surface area contributed by atoms with Crippen LogP contribution >= 0.6 is 11.6 Å². The average molecular weight is 2040 g/mol. The van der Waals surface area contributed by atoms with E-state index in [9.17, 15) is 28.8 Å². The molecule has 0 spiro atoms. The summed E-state index contributed by atoms with van der Waals surface area (Å²) in [5.41, 5.74) is 20.8. The van der Waals surface area contributed by atoms with Crippen LogP contribution in [0.5, 0.6) is 34.5 Å². The van der Waals surface area contributed by atoms with Gasteiger partial charge in [0.15, 0.2) is 0 Å². The van der Waals surface area contributed by atoms with Gasteiger partial charge in [-0.3, -0.25) is 58.7 Å². The molecule has 0 unspecified atom stereocenters. The molecule has 0 bridgehead atoms. The van der Waals surface area contributed by atoms with Gasteiger partial charge in [-0.05, 0) is 294 Å². The molecule has 6 aliphatic rings. The Morgan fingerprint density at radius 2 is 0.477 bits per heavy atom. The van der Waals surface area contributed by atoms with Crippen molar-refractivity contribution in [1.29, 1.82) is 0 Å². The van der Waals surface area contributed by atoms with Crippen LogP contribution in [0.3, 0.4) is 0 Å². The van der Waals surface area contributed by atoms with Crippen LogP contribution in [0.1, 0.15) is 270 Å². The molecule has 6 amide bonds. The predicted molar refractivity (Wildman–Crippen MR) is 588 cm³/mol. The molecule has 6 saturated heterocycles. The van der Waals surface area contributed by atoms with E-state index in [2.05, 4.69) is 117 Å². The van der Waals surface area contributed by atoms with E-state index in [4.69, 9.17) is 40.0 Å². The summed E-state index contributed by atoms with van der Waals surface area (Å²) in [4.78, 5) is 113. The van der Waals surface area contributed by atoms with E-state index in [-0.39, 0.29) is 35.4 Å². The summed E-state index contributed by atoms with van der Waals surface area (Å²) >= 11 is 6.12. The Hall–Kier alpha value is -13.9. The van der Waals surface area contributed by atoms with Crippen LogP contribution in [0.15, 0.2) is 226 Å². The lowest BCUT2D eigenvalue weighted by Gasteiger charge is -2.30. The number of carbonyl (C=O) groups excluding carboxylic acids is 6. The molecule has 0 radical (unpaired) electrons. The second kappa shape index (κ2) is 55.9. The van der Waals surface area contributed by atoms with E-state index >= 15 is 0 Å². The molecule has 25 heteroatoms. The van der Waals surface area contributed by atoms with Gasteiger partial charge in [0.1, 0.15) is 74.1 Å². The molecule has 149 heavy (non-hydrogen) atoms. The van der Waals surface area contributed by atoms with Gasteiger partial charge >= 0.3 is 0 Å². The zero-order valence-electron chi connectivity index (χ0n) is 90.2. The van der Waals surface area contributed by atoms with Crippen LogP contribution in [0.4, 0.5) is 0 Å². The fraction of sp³-hybridized carbons (Fsp3) is 0.419. The van der Waals surface area contributed by atoms with Crippen LogP contribution < -0.4 is 28.4 Å². The number of amides is 6. The number of hydrogen-bond donors (Lipinski definition) is 0. The first-order chi connectivity index (χ1) is 71.8. The number of para-hydroxylation sites is 1. The number of pyridine rings is 6. The Labute approximate surface area is 887 Å². The van der Waals surface area contributed by atoms with Crippen LogP contribution in [0.2, 0.25) is 5.02 Å². The molecule has 6 aromatic carbocycles. The summed E-state index contributed by atoms with van der Waals surface area (Å²) < 4.78 is 35.3. The third-order valence-corrected chi connectivity index (χ3v) is 29.0. The summed E-state index contributed by atoms with van der Waals surface area (Å²) in [6.45, 7) is 46.3. The minimum Gasteiger partial charge on any atom is -0.489 e. The molecule has 6 aliphatic heterocycles. The molecular weight excluding hydrogens is 1880 g/mol. The first kappa shape index (κ1) is 112. The Morgan fingerprint density at radius 1 is 0.242 bits per heavy atom. The van der Waals surface area contributed by atoms with E-state index < -0.39 is 0 Å². The topological polar surface area (TPSA) is 255 Å². The predicted octanol–water partition coefficient (Wildman–Crippen LogP) is 24.9. The fourth-order valence-electron chi connectivity index (χ4n) is 18.8. The number of piperidine rings is 6. The van der Waals surface area contributed by atoms with E-state index in [1.54, 1.807) is 80.4 Å². The van der Waals surface area contributed by atoms with Gasteiger partial charge in [-0.15, -0.1) is 0 Å². The molecule has 0 saturated carbocycles. The lowest BCUT2D eigenvalue weighted by atomic mass is 9.99. The van der Waals surface area contributed by atoms with Crippen molar-refractivity contribution in [1.82, 2.24) is 59.3 Å². The largest absolute Gasteiger partial charge is 0.489 e. The lowest BCUT2D eigenvalue weighted by Crippen LogP contribution is -2.38. The molecular formula is C124H151ClN12O12. The van der Waals surface area contributed by atoms with Crippen molar-refractivity contribution in [2.75, 3.05) is 78.5 Å². The van der Waals surface area contributed by atoms with Gasteiger partial charge in [-0.1, -0.05) is 148 Å². The number of ether oxygens (including phenoxy) is 6. The van der Waals surface area contributed by atoms with Gasteiger partial charge in [0, 0.05) is 191 Å². The highest BCUT2D eigenvalue weighted by Crippen LogP contribution is 2.33. The van der Waals surface area contributed by atoms with Gasteiger partial charge in [0.25, 0.3) is 35.4 Å². The number of rotatable bonds is 24. The maximum Gasteiger partial charge on any atom is 0.255 e. The second-order valence-corrected chi connectivity index (χ2v) is 42.2. The normalized spacial score (nSPS) is 15.3. The molecule has 6 aromatic heterocycles. The third-order valence-electron chi connectivity index (χ3n) is 28.6. The van der Waals surface area contributed by atoms with Crippen molar-refractivity contribution in [2.24, 2.45) is 35.5 Å². The molecule has 12 aromatic rings. The summed E-state index contributed by atoms with van der Waals surface area (Å²) in [6, 6.07) is 49.3. The number of benzene rings is 6. The van der Waals surface area contributed by atoms with Gasteiger partial charge < -0.3 is 57.8 Å². The molecule has 0 aliphatic carbocycles. The van der Waals surface area contributed by atoms with Crippen molar-refractivity contribution >= 4 is 47.0 Å². The van der Waals surface area contributed by atoms with Crippen molar-refractivity contribution in [3.8, 4) is 34.5 Å². The zero-order valence-corrected chi connectivity index (χ0v) is 90.9. The van der Waals surface area contributed by atoms with E-state index in [1.165, 1.54) is 22.3 Å². The Kier molecular flexibility index (Phi) is 42.2. The molecule has 24 nitrogen and oxygen atoms in total. The number of aromatic nitrogens is 6. The van der Waals surface area contributed by atoms with Crippen molar-refractivity contribution in [2.45, 2.75) is 227 Å². The van der Waals surface area contributed by atoms with Crippen LogP contribution in [0, 0.1) is 105 Å². The quantitative estimate of drug-likeness (QED) is 0.0545. The van der Waals surface area contributed by atoms with Gasteiger partial charge in [0.2, 0.25) is 0 Å². The Bertz CT molecular complexity index is 6250. The maximum atomic E-state index is 12.7. The van der Waals surface area contributed by atoms with E-state index in [0.29, 0.717) is 119 Å². The monoisotopic (exact) mass is 2040 g/mol. The Balaban J connectivity index is 0.000000149. The molecule has 18 rings (SSSR count). The summed E-state index contributed by atoms with van der Waals surface area (Å²) in [7, 11) is 0. The molecule has 6 fully saturated rings. The molecule has 12 heterocycles. The van der Waals surface area contributed by atoms with Gasteiger partial charge in [-0.25, -0.2) is 0 Å². The molecule has 786 valence electrons. The highest BCUT2D eigenvalue weighted by molar-refractivity contribution is 6.31. The van der Waals surface area contributed by atoms with Crippen LogP contribution in [0.25, 0.3) is 0 Å². The molecule has 0 N–H and O–H groups in total. The summed E-state index contributed by atoms with van der Waals surface area (Å²) in [5, 5.41) is 0.680. The number of halogens is 1. The first-order valence-corrected chi connectivity index (χ1v) is 53.4. The van der Waals surface area contributed by atoms with Crippen LogP contribution in [-0.2, 0) is 39.6 Å². The van der Waals surface area contributed by atoms with Crippen molar-refractivity contribution < 1.29 is 57.2 Å². The van der Waals surface area contributed by atoms with Crippen molar-refractivity contribution in [3.63, 3.8) is 0 Å². The SMILES string of the molecule is Cc1cc(C)c(OCc2cncc(C(=O)N3CCC(C)CC3)c2)c(C)c1.Cc1ccc(OCc2cncc(C(=O)N3CCC(C)CC3)c2)c(C)c1.Cc1ccc(OCc2cncc(C(=O)N3CCC(C)CC3)c2)cc1.Cc1ccc(OCc2cncc(C(=O)N3CCC(C)CC3)c2)cc1.Cc1ccc(OCc2cncc(C(=O)N3CCC(C)CC3)c2)cc1Cl.Cc1cccc(C)c1OCc1cncc(C(=O)N2CCC(C)CC2)c1. The fourth-order valence-corrected chi connectivity index (χ4v) is 18.9. The van der Waals surface area contributed by atoms with Crippen LogP contribution in [-0.4, -0.2) is 173 Å². The smallest absolute Gasteiger partial charge is 0.255 e. The number of hydrogen-bond acceptors (Lipinski definition) is 18. The standard InChI is InChI=1S/C22H28N2O2.2C21H26N2O2.C20H23ClN2O2.2C20H24N2O2/c1-15-5-7-24(8-6-15)22(25)20-11-19(12-23-13-20)14-26-21-17(3)9-16(2)10-18(21)4;1-15-6-8-23(9-7-15)21(24)19-11-18(12-22-13-19)14-25-20-5-4-16(2)10-17(20)3;1-15-7-9-23(10-8-15)21(24)19-11-18(12-22-13-19)14-25-20-16(2)5-4-6-17(20)3;1-14-5-7-23(8-6-14)20(24)17-9-16(11-22-12-17)13-25-18-4-3-15(2)19(21)10-18;2*1-15-3-5-19(6-4-15)24-14-17-11-18(13-21-12-17)20(23)22-9-7-16(2)8-10-22/h9-13,15H,5-8,14H2,1-4H3;4-5,10-13,15H,6-9,14H2,1-3H3;4-6,11-13,15H,7-10,14H2,1-3H3;3-4,9-12,14H,5-8,13H2,1-2H3;2*3-6,11-13,16H,7-10,14H2,1-2H3. The number of aryl methyl sites for hydroxylation is 10. The maximum absolute atomic E-state index is 12.7. The highest BCUT2D eigenvalue weighted by Gasteiger charge is 2.30. The lowest BCUT2D eigenvalue weighted by molar-refractivity contribution is 0.0689. The van der Waals surface area contributed by atoms with Gasteiger partial charge in [0.05, 0.1) is 33.4 Å². The highest BCUT2D eigenvalue weighted by atomic mass is 35.5.